The molecule has 66 valence electrons. The van der Waals surface area contributed by atoms with Gasteiger partial charge in [0.1, 0.15) is 0 Å². The summed E-state index contributed by atoms with van der Waals surface area (Å²) in [7, 11) is 0. The van der Waals surface area contributed by atoms with E-state index in [-0.39, 0.29) is 0 Å². The highest BCUT2D eigenvalue weighted by molar-refractivity contribution is 5.52. The first-order chi connectivity index (χ1) is 6.40. The average molecular weight is 174 g/mol. The quantitative estimate of drug-likeness (QED) is 0.711. The lowest BCUT2D eigenvalue weighted by atomic mass is 10.2. The molecule has 0 saturated heterocycles. The van der Waals surface area contributed by atoms with Crippen LogP contribution in [0.25, 0.3) is 11.4 Å². The van der Waals surface area contributed by atoms with E-state index in [1.807, 2.05) is 18.2 Å². The Morgan fingerprint density at radius 3 is 2.77 bits per heavy atom. The van der Waals surface area contributed by atoms with Crippen molar-refractivity contribution in [2.45, 2.75) is 6.54 Å². The Morgan fingerprint density at radius 1 is 1.31 bits per heavy atom. The van der Waals surface area contributed by atoms with E-state index in [2.05, 4.69) is 15.2 Å². The van der Waals surface area contributed by atoms with Crippen molar-refractivity contribution in [3.8, 4) is 11.4 Å². The lowest BCUT2D eigenvalue weighted by Crippen LogP contribution is -1.96. The molecule has 2 aromatic heterocycles. The van der Waals surface area contributed by atoms with Gasteiger partial charge in [-0.3, -0.25) is 10.1 Å². The molecule has 0 aromatic carbocycles. The van der Waals surface area contributed by atoms with Gasteiger partial charge in [0, 0.05) is 18.9 Å². The van der Waals surface area contributed by atoms with Crippen LogP contribution in [0.1, 0.15) is 5.56 Å². The maximum Gasteiger partial charge on any atom is 0.0880 e. The number of nitrogens with one attached hydrogen (secondary N) is 1. The first kappa shape index (κ1) is 7.94. The highest BCUT2D eigenvalue weighted by Gasteiger charge is 1.98. The van der Waals surface area contributed by atoms with Crippen molar-refractivity contribution < 1.29 is 0 Å². The van der Waals surface area contributed by atoms with Gasteiger partial charge >= 0.3 is 0 Å². The summed E-state index contributed by atoms with van der Waals surface area (Å²) < 4.78 is 0. The maximum atomic E-state index is 5.46. The van der Waals surface area contributed by atoms with Crippen LogP contribution in [0.5, 0.6) is 0 Å². The van der Waals surface area contributed by atoms with Crippen molar-refractivity contribution in [2.75, 3.05) is 0 Å². The minimum absolute atomic E-state index is 0.524. The fraction of sp³-hybridized carbons (Fsp3) is 0.111. The molecule has 13 heavy (non-hydrogen) atoms. The molecule has 0 unspecified atom stereocenters. The van der Waals surface area contributed by atoms with Crippen LogP contribution in [0, 0.1) is 0 Å². The second kappa shape index (κ2) is 3.37. The number of aromatic amines is 1. The molecule has 3 N–H and O–H groups in total. The van der Waals surface area contributed by atoms with Crippen LogP contribution in [0.3, 0.4) is 0 Å². The van der Waals surface area contributed by atoms with Gasteiger partial charge in [-0.05, 0) is 17.7 Å². The summed E-state index contributed by atoms with van der Waals surface area (Å²) in [6, 6.07) is 5.77. The van der Waals surface area contributed by atoms with Crippen molar-refractivity contribution in [2.24, 2.45) is 5.73 Å². The molecule has 0 aliphatic heterocycles. The lowest BCUT2D eigenvalue weighted by molar-refractivity contribution is 1.04. The van der Waals surface area contributed by atoms with Gasteiger partial charge in [-0.25, -0.2) is 0 Å². The molecule has 2 heterocycles. The number of pyridine rings is 1. The third kappa shape index (κ3) is 1.57. The zero-order valence-corrected chi connectivity index (χ0v) is 7.07. The molecule has 0 aliphatic rings. The van der Waals surface area contributed by atoms with Gasteiger partial charge in [-0.15, -0.1) is 0 Å². The van der Waals surface area contributed by atoms with Crippen molar-refractivity contribution in [1.29, 1.82) is 0 Å². The topological polar surface area (TPSA) is 67.6 Å². The normalized spacial score (nSPS) is 10.2. The zero-order chi connectivity index (χ0) is 9.10. The molecule has 0 bridgehead atoms. The number of hydrogen-bond acceptors (Lipinski definition) is 3. The smallest absolute Gasteiger partial charge is 0.0880 e. The molecule has 0 amide bonds. The fourth-order valence-corrected chi connectivity index (χ4v) is 1.10. The minimum atomic E-state index is 0.524. The van der Waals surface area contributed by atoms with E-state index >= 15 is 0 Å². The second-order valence-electron chi connectivity index (χ2n) is 2.73. The number of nitrogens with zero attached hydrogens (tertiary/aromatic N) is 2. The Hall–Kier alpha value is -1.68. The van der Waals surface area contributed by atoms with Gasteiger partial charge in [-0.1, -0.05) is 6.07 Å². The average Bonchev–Trinajstić information content (AvgIpc) is 2.71. The number of H-pyrrole nitrogens is 1. The largest absolute Gasteiger partial charge is 0.326 e. The predicted octanol–water partition coefficient (Wildman–Crippen LogP) is 0.930. The number of nitrogens with two attached hydrogens (primary N) is 1. The molecule has 0 fully saturated rings. The van der Waals surface area contributed by atoms with Crippen molar-refractivity contribution in [1.82, 2.24) is 15.2 Å². The van der Waals surface area contributed by atoms with Crippen LogP contribution in [0.15, 0.2) is 30.6 Å². The number of rotatable bonds is 2. The lowest BCUT2D eigenvalue weighted by Gasteiger charge is -1.98. The molecule has 0 spiro atoms. The van der Waals surface area contributed by atoms with E-state index in [0.717, 1.165) is 17.0 Å². The number of hydrogen-bond donors (Lipinski definition) is 2. The standard InChI is InChI=1S/C9H10N4/c10-5-7-1-2-8(11-6-7)9-3-4-12-13-9/h1-4,6H,5,10H2,(H,12,13). The van der Waals surface area contributed by atoms with E-state index in [1.54, 1.807) is 12.4 Å². The molecule has 0 radical (unpaired) electrons. The van der Waals surface area contributed by atoms with E-state index in [1.165, 1.54) is 0 Å². The summed E-state index contributed by atoms with van der Waals surface area (Å²) in [5, 5.41) is 6.70. The van der Waals surface area contributed by atoms with Crippen LogP contribution in [-0.2, 0) is 6.54 Å². The fourth-order valence-electron chi connectivity index (χ4n) is 1.10. The van der Waals surface area contributed by atoms with Gasteiger partial charge in [0.05, 0.1) is 11.4 Å². The molecular formula is C9H10N4. The Morgan fingerprint density at radius 2 is 2.23 bits per heavy atom. The van der Waals surface area contributed by atoms with Crippen LogP contribution < -0.4 is 5.73 Å². The third-order valence-corrected chi connectivity index (χ3v) is 1.84. The van der Waals surface area contributed by atoms with Crippen molar-refractivity contribution >= 4 is 0 Å². The highest BCUT2D eigenvalue weighted by atomic mass is 15.1. The summed E-state index contributed by atoms with van der Waals surface area (Å²) >= 11 is 0. The van der Waals surface area contributed by atoms with Gasteiger partial charge in [-0.2, -0.15) is 5.10 Å². The van der Waals surface area contributed by atoms with Gasteiger partial charge in [0.25, 0.3) is 0 Å². The molecule has 2 rings (SSSR count). The summed E-state index contributed by atoms with van der Waals surface area (Å²) in [4.78, 5) is 4.24. The van der Waals surface area contributed by atoms with Crippen molar-refractivity contribution in [3.05, 3.63) is 36.2 Å². The molecule has 4 heteroatoms. The molecule has 0 atom stereocenters. The van der Waals surface area contributed by atoms with E-state index in [4.69, 9.17) is 5.73 Å². The van der Waals surface area contributed by atoms with Crippen molar-refractivity contribution in [3.63, 3.8) is 0 Å². The number of aromatic nitrogens is 3. The Bertz CT molecular complexity index is 363. The maximum absolute atomic E-state index is 5.46. The summed E-state index contributed by atoms with van der Waals surface area (Å²) in [5.41, 5.74) is 8.29. The Labute approximate surface area is 75.8 Å². The molecule has 4 nitrogen and oxygen atoms in total. The zero-order valence-electron chi connectivity index (χ0n) is 7.07. The minimum Gasteiger partial charge on any atom is -0.326 e. The van der Waals surface area contributed by atoms with E-state index in [9.17, 15) is 0 Å². The van der Waals surface area contributed by atoms with E-state index < -0.39 is 0 Å². The van der Waals surface area contributed by atoms with Crippen LogP contribution in [0.2, 0.25) is 0 Å². The van der Waals surface area contributed by atoms with Crippen LogP contribution in [-0.4, -0.2) is 15.2 Å². The summed E-state index contributed by atoms with van der Waals surface area (Å²) in [6.45, 7) is 0.524. The predicted molar refractivity (Wildman–Crippen MR) is 49.7 cm³/mol. The Balaban J connectivity index is 2.33. The molecular weight excluding hydrogens is 164 g/mol. The Kier molecular flexibility index (Phi) is 2.06. The van der Waals surface area contributed by atoms with Gasteiger partial charge in [0.15, 0.2) is 0 Å². The summed E-state index contributed by atoms with van der Waals surface area (Å²) in [5.74, 6) is 0. The molecule has 0 saturated carbocycles. The SMILES string of the molecule is NCc1ccc(-c2ccn[nH]2)nc1. The molecule has 2 aromatic rings. The monoisotopic (exact) mass is 174 g/mol. The third-order valence-electron chi connectivity index (χ3n) is 1.84. The van der Waals surface area contributed by atoms with Gasteiger partial charge in [0.2, 0.25) is 0 Å². The highest BCUT2D eigenvalue weighted by Crippen LogP contribution is 2.12. The summed E-state index contributed by atoms with van der Waals surface area (Å²) in [6.07, 6.45) is 3.48. The first-order valence-corrected chi connectivity index (χ1v) is 4.05. The second-order valence-corrected chi connectivity index (χ2v) is 2.73. The first-order valence-electron chi connectivity index (χ1n) is 4.05. The van der Waals surface area contributed by atoms with Crippen LogP contribution >= 0.6 is 0 Å². The molecule has 0 aliphatic carbocycles. The van der Waals surface area contributed by atoms with Gasteiger partial charge < -0.3 is 5.73 Å². The van der Waals surface area contributed by atoms with E-state index in [0.29, 0.717) is 6.54 Å². The van der Waals surface area contributed by atoms with Crippen LogP contribution in [0.4, 0.5) is 0 Å².